The first-order chi connectivity index (χ1) is 10.1. The molecule has 1 heterocycles. The van der Waals surface area contributed by atoms with Crippen molar-refractivity contribution in [1.82, 2.24) is 10.4 Å². The fourth-order valence-corrected chi connectivity index (χ4v) is 1.44. The van der Waals surface area contributed by atoms with Crippen molar-refractivity contribution in [3.05, 3.63) is 58.4 Å². The van der Waals surface area contributed by atoms with Gasteiger partial charge in [0.2, 0.25) is 0 Å². The van der Waals surface area contributed by atoms with E-state index in [-0.39, 0.29) is 12.3 Å². The SMILES string of the molecule is O=C(COc1ccc([N+](=O)[O-])cc1)NN=Cc1ccc[nH]1. The van der Waals surface area contributed by atoms with Gasteiger partial charge in [0.15, 0.2) is 6.61 Å². The van der Waals surface area contributed by atoms with Gasteiger partial charge in [0.1, 0.15) is 5.75 Å². The molecule has 0 saturated carbocycles. The van der Waals surface area contributed by atoms with Gasteiger partial charge in [0.05, 0.1) is 16.8 Å². The number of H-pyrrole nitrogens is 1. The van der Waals surface area contributed by atoms with Crippen LogP contribution in [0.5, 0.6) is 5.75 Å². The molecule has 0 atom stereocenters. The van der Waals surface area contributed by atoms with Crippen LogP contribution in [-0.2, 0) is 4.79 Å². The first-order valence-corrected chi connectivity index (χ1v) is 5.98. The molecule has 1 amide bonds. The fourth-order valence-electron chi connectivity index (χ4n) is 1.44. The Morgan fingerprint density at radius 2 is 2.14 bits per heavy atom. The Hall–Kier alpha value is -3.16. The predicted molar refractivity (Wildman–Crippen MR) is 75.1 cm³/mol. The Balaban J connectivity index is 1.77. The molecule has 8 nitrogen and oxygen atoms in total. The summed E-state index contributed by atoms with van der Waals surface area (Å²) in [4.78, 5) is 24.3. The number of benzene rings is 1. The number of nitro groups is 1. The molecule has 1 aromatic carbocycles. The molecular weight excluding hydrogens is 276 g/mol. The highest BCUT2D eigenvalue weighted by molar-refractivity contribution is 5.81. The zero-order valence-electron chi connectivity index (χ0n) is 10.9. The number of aromatic amines is 1. The summed E-state index contributed by atoms with van der Waals surface area (Å²) in [6.07, 6.45) is 3.20. The number of non-ortho nitro benzene ring substituents is 1. The molecule has 0 saturated heterocycles. The van der Waals surface area contributed by atoms with E-state index in [1.807, 2.05) is 0 Å². The number of hydrogen-bond donors (Lipinski definition) is 2. The maximum absolute atomic E-state index is 11.5. The van der Waals surface area contributed by atoms with E-state index < -0.39 is 10.8 Å². The Labute approximate surface area is 119 Å². The Morgan fingerprint density at radius 1 is 1.38 bits per heavy atom. The lowest BCUT2D eigenvalue weighted by Crippen LogP contribution is -2.24. The molecule has 21 heavy (non-hydrogen) atoms. The van der Waals surface area contributed by atoms with Crippen LogP contribution in [0.25, 0.3) is 0 Å². The van der Waals surface area contributed by atoms with Crippen molar-refractivity contribution in [3.63, 3.8) is 0 Å². The third kappa shape index (κ3) is 4.46. The number of nitrogens with zero attached hydrogens (tertiary/aromatic N) is 2. The smallest absolute Gasteiger partial charge is 0.277 e. The van der Waals surface area contributed by atoms with Gasteiger partial charge in [-0.15, -0.1) is 0 Å². The van der Waals surface area contributed by atoms with Gasteiger partial charge in [-0.3, -0.25) is 14.9 Å². The highest BCUT2D eigenvalue weighted by Crippen LogP contribution is 2.16. The molecule has 0 spiro atoms. The van der Waals surface area contributed by atoms with E-state index in [2.05, 4.69) is 15.5 Å². The summed E-state index contributed by atoms with van der Waals surface area (Å²) in [7, 11) is 0. The number of hydrazone groups is 1. The molecule has 8 heteroatoms. The van der Waals surface area contributed by atoms with Crippen LogP contribution in [0.3, 0.4) is 0 Å². The topological polar surface area (TPSA) is 110 Å². The van der Waals surface area contributed by atoms with Crippen molar-refractivity contribution >= 4 is 17.8 Å². The first-order valence-electron chi connectivity index (χ1n) is 5.98. The lowest BCUT2D eigenvalue weighted by Gasteiger charge is -2.04. The largest absolute Gasteiger partial charge is 0.484 e. The molecule has 108 valence electrons. The van der Waals surface area contributed by atoms with E-state index in [1.54, 1.807) is 18.3 Å². The van der Waals surface area contributed by atoms with Gasteiger partial charge in [0, 0.05) is 18.3 Å². The number of carbonyl (C=O) groups is 1. The van der Waals surface area contributed by atoms with Gasteiger partial charge in [-0.1, -0.05) is 0 Å². The molecule has 2 rings (SSSR count). The highest BCUT2D eigenvalue weighted by Gasteiger charge is 2.05. The van der Waals surface area contributed by atoms with Gasteiger partial charge >= 0.3 is 0 Å². The summed E-state index contributed by atoms with van der Waals surface area (Å²) in [5, 5.41) is 14.2. The second-order valence-corrected chi connectivity index (χ2v) is 3.96. The van der Waals surface area contributed by atoms with E-state index >= 15 is 0 Å². The molecule has 0 unspecified atom stereocenters. The second-order valence-electron chi connectivity index (χ2n) is 3.96. The summed E-state index contributed by atoms with van der Waals surface area (Å²) in [6, 6.07) is 9.05. The zero-order chi connectivity index (χ0) is 15.1. The van der Waals surface area contributed by atoms with Crippen LogP contribution >= 0.6 is 0 Å². The van der Waals surface area contributed by atoms with Crippen molar-refractivity contribution in [2.45, 2.75) is 0 Å². The molecule has 2 aromatic rings. The maximum atomic E-state index is 11.5. The van der Waals surface area contributed by atoms with Crippen molar-refractivity contribution in [1.29, 1.82) is 0 Å². The molecule has 0 fully saturated rings. The van der Waals surface area contributed by atoms with Gasteiger partial charge in [-0.25, -0.2) is 5.43 Å². The van der Waals surface area contributed by atoms with Crippen molar-refractivity contribution in [2.75, 3.05) is 6.61 Å². The quantitative estimate of drug-likeness (QED) is 0.476. The maximum Gasteiger partial charge on any atom is 0.277 e. The van der Waals surface area contributed by atoms with E-state index in [1.165, 1.54) is 30.5 Å². The first kappa shape index (κ1) is 14.3. The molecule has 2 N–H and O–H groups in total. The molecule has 0 aliphatic carbocycles. The van der Waals surface area contributed by atoms with Crippen molar-refractivity contribution < 1.29 is 14.5 Å². The normalized spacial score (nSPS) is 10.5. The summed E-state index contributed by atoms with van der Waals surface area (Å²) in [6.45, 7) is -0.236. The minimum absolute atomic E-state index is 0.0395. The zero-order valence-corrected chi connectivity index (χ0v) is 10.9. The van der Waals surface area contributed by atoms with Crippen LogP contribution in [0.15, 0.2) is 47.7 Å². The average Bonchev–Trinajstić information content (AvgIpc) is 2.99. The summed E-state index contributed by atoms with van der Waals surface area (Å²) < 4.78 is 5.17. The van der Waals surface area contributed by atoms with E-state index in [9.17, 15) is 14.9 Å². The fraction of sp³-hybridized carbons (Fsp3) is 0.0769. The average molecular weight is 288 g/mol. The van der Waals surface area contributed by atoms with Crippen LogP contribution in [0.1, 0.15) is 5.69 Å². The van der Waals surface area contributed by atoms with E-state index in [0.717, 1.165) is 5.69 Å². The molecule has 0 bridgehead atoms. The van der Waals surface area contributed by atoms with Crippen LogP contribution in [0, 0.1) is 10.1 Å². The Kier molecular flexibility index (Phi) is 4.65. The van der Waals surface area contributed by atoms with Crippen LogP contribution in [0.4, 0.5) is 5.69 Å². The number of ether oxygens (including phenoxy) is 1. The van der Waals surface area contributed by atoms with Crippen LogP contribution < -0.4 is 10.2 Å². The minimum Gasteiger partial charge on any atom is -0.484 e. The summed E-state index contributed by atoms with van der Waals surface area (Å²) in [5.74, 6) is -0.0692. The van der Waals surface area contributed by atoms with Crippen LogP contribution in [-0.4, -0.2) is 28.6 Å². The molecular formula is C13H12N4O4. The van der Waals surface area contributed by atoms with E-state index in [4.69, 9.17) is 4.74 Å². The summed E-state index contributed by atoms with van der Waals surface area (Å²) in [5.41, 5.74) is 3.01. The van der Waals surface area contributed by atoms with Crippen LogP contribution in [0.2, 0.25) is 0 Å². The minimum atomic E-state index is -0.508. The Morgan fingerprint density at radius 3 is 2.76 bits per heavy atom. The van der Waals surface area contributed by atoms with Gasteiger partial charge in [-0.05, 0) is 24.3 Å². The van der Waals surface area contributed by atoms with Gasteiger partial charge in [0.25, 0.3) is 11.6 Å². The molecule has 0 radical (unpaired) electrons. The van der Waals surface area contributed by atoms with Crippen molar-refractivity contribution in [3.8, 4) is 5.75 Å². The number of nitrogens with one attached hydrogen (secondary N) is 2. The monoisotopic (exact) mass is 288 g/mol. The standard InChI is InChI=1S/C13H12N4O4/c18-13(16-15-8-10-2-1-7-14-10)9-21-12-5-3-11(4-6-12)17(19)20/h1-8,14H,9H2,(H,16,18). The Bertz CT molecular complexity index is 635. The number of rotatable bonds is 6. The number of hydrogen-bond acceptors (Lipinski definition) is 5. The van der Waals surface area contributed by atoms with Gasteiger partial charge < -0.3 is 9.72 Å². The number of carbonyl (C=O) groups excluding carboxylic acids is 1. The molecule has 0 aliphatic heterocycles. The molecule has 1 aromatic heterocycles. The third-order valence-electron chi connectivity index (χ3n) is 2.43. The highest BCUT2D eigenvalue weighted by atomic mass is 16.6. The number of aromatic nitrogens is 1. The lowest BCUT2D eigenvalue weighted by atomic mass is 10.3. The third-order valence-corrected chi connectivity index (χ3v) is 2.43. The second kappa shape index (κ2) is 6.85. The van der Waals surface area contributed by atoms with E-state index in [0.29, 0.717) is 5.75 Å². The number of nitro benzene ring substituents is 1. The summed E-state index contributed by atoms with van der Waals surface area (Å²) >= 11 is 0. The molecule has 0 aliphatic rings. The lowest BCUT2D eigenvalue weighted by molar-refractivity contribution is -0.384. The number of amides is 1. The predicted octanol–water partition coefficient (Wildman–Crippen LogP) is 1.45. The van der Waals surface area contributed by atoms with Gasteiger partial charge in [-0.2, -0.15) is 5.10 Å². The van der Waals surface area contributed by atoms with Crippen molar-refractivity contribution in [2.24, 2.45) is 5.10 Å².